The second-order valence-corrected chi connectivity index (χ2v) is 6.34. The molecule has 0 radical (unpaired) electrons. The second-order valence-electron chi connectivity index (χ2n) is 6.34. The molecule has 1 amide bonds. The number of esters is 2. The highest BCUT2D eigenvalue weighted by Gasteiger charge is 2.27. The molecule has 1 heterocycles. The van der Waals surface area contributed by atoms with Crippen LogP contribution in [0, 0.1) is 0 Å². The number of amides is 1. The Hall–Kier alpha value is -3.61. The van der Waals surface area contributed by atoms with Crippen LogP contribution >= 0.6 is 0 Å². The van der Waals surface area contributed by atoms with E-state index in [4.69, 9.17) is 14.2 Å². The van der Waals surface area contributed by atoms with Crippen molar-refractivity contribution in [2.75, 3.05) is 13.2 Å². The smallest absolute Gasteiger partial charge is 0.344 e. The minimum atomic E-state index is -0.563. The van der Waals surface area contributed by atoms with Gasteiger partial charge in [0.15, 0.2) is 6.61 Å². The Morgan fingerprint density at radius 1 is 0.828 bits per heavy atom. The van der Waals surface area contributed by atoms with E-state index in [1.807, 2.05) is 60.7 Å². The lowest BCUT2D eigenvalue weighted by molar-refractivity contribution is -0.148. The maximum atomic E-state index is 12.1. The average Bonchev–Trinajstić information content (AvgIpc) is 3.10. The third kappa shape index (κ3) is 6.21. The monoisotopic (exact) mass is 395 g/mol. The Morgan fingerprint density at radius 3 is 1.97 bits per heavy atom. The summed E-state index contributed by atoms with van der Waals surface area (Å²) in [5.41, 5.74) is 1.88. The molecule has 2 aromatic rings. The van der Waals surface area contributed by atoms with Crippen molar-refractivity contribution >= 4 is 17.8 Å². The number of hydrogen-bond donors (Lipinski definition) is 1. The SMILES string of the molecule is O=C(COC1=C(CC(=O)OCc2ccccc2)C(=O)NC1)OCc1ccccc1. The molecule has 0 saturated heterocycles. The summed E-state index contributed by atoms with van der Waals surface area (Å²) in [4.78, 5) is 35.9. The molecule has 0 saturated carbocycles. The first-order chi connectivity index (χ1) is 14.1. The predicted octanol–water partition coefficient (Wildman–Crippen LogP) is 2.26. The molecule has 0 fully saturated rings. The third-order valence-corrected chi connectivity index (χ3v) is 4.19. The molecule has 0 atom stereocenters. The lowest BCUT2D eigenvalue weighted by atomic mass is 10.2. The molecular formula is C22H21NO6. The zero-order valence-electron chi connectivity index (χ0n) is 15.8. The number of ether oxygens (including phenoxy) is 3. The normalized spacial score (nSPS) is 13.0. The van der Waals surface area contributed by atoms with Crippen molar-refractivity contribution in [3.8, 4) is 0 Å². The van der Waals surface area contributed by atoms with E-state index in [0.29, 0.717) is 0 Å². The highest BCUT2D eigenvalue weighted by Crippen LogP contribution is 2.17. The first-order valence-electron chi connectivity index (χ1n) is 9.14. The Bertz CT molecular complexity index is 892. The third-order valence-electron chi connectivity index (χ3n) is 4.19. The van der Waals surface area contributed by atoms with Crippen molar-refractivity contribution in [2.24, 2.45) is 0 Å². The van der Waals surface area contributed by atoms with E-state index in [0.717, 1.165) is 11.1 Å². The molecule has 29 heavy (non-hydrogen) atoms. The van der Waals surface area contributed by atoms with Crippen molar-refractivity contribution < 1.29 is 28.6 Å². The topological polar surface area (TPSA) is 90.9 Å². The zero-order valence-corrected chi connectivity index (χ0v) is 15.8. The van der Waals surface area contributed by atoms with Gasteiger partial charge in [0.2, 0.25) is 0 Å². The van der Waals surface area contributed by atoms with Gasteiger partial charge in [0.05, 0.1) is 18.5 Å². The molecule has 7 nitrogen and oxygen atoms in total. The van der Waals surface area contributed by atoms with Crippen LogP contribution in [0.1, 0.15) is 17.5 Å². The average molecular weight is 395 g/mol. The summed E-state index contributed by atoms with van der Waals surface area (Å²) < 4.78 is 15.7. The molecule has 150 valence electrons. The van der Waals surface area contributed by atoms with Crippen molar-refractivity contribution in [3.63, 3.8) is 0 Å². The fourth-order valence-electron chi connectivity index (χ4n) is 2.68. The largest absolute Gasteiger partial charge is 0.484 e. The van der Waals surface area contributed by atoms with E-state index in [1.54, 1.807) is 0 Å². The number of benzene rings is 2. The number of nitrogens with one attached hydrogen (secondary N) is 1. The minimum absolute atomic E-state index is 0.117. The lowest BCUT2D eigenvalue weighted by Gasteiger charge is -2.09. The van der Waals surface area contributed by atoms with Gasteiger partial charge in [0.1, 0.15) is 19.0 Å². The number of carbonyl (C=O) groups is 3. The lowest BCUT2D eigenvalue weighted by Crippen LogP contribution is -2.19. The molecule has 1 aliphatic rings. The quantitative estimate of drug-likeness (QED) is 0.655. The summed E-state index contributed by atoms with van der Waals surface area (Å²) in [5, 5.41) is 2.58. The van der Waals surface area contributed by atoms with Gasteiger partial charge in [-0.05, 0) is 11.1 Å². The van der Waals surface area contributed by atoms with E-state index < -0.39 is 17.8 Å². The van der Waals surface area contributed by atoms with Gasteiger partial charge in [-0.15, -0.1) is 0 Å². The maximum Gasteiger partial charge on any atom is 0.344 e. The maximum absolute atomic E-state index is 12.1. The van der Waals surface area contributed by atoms with Gasteiger partial charge in [0.25, 0.3) is 5.91 Å². The van der Waals surface area contributed by atoms with Crippen molar-refractivity contribution in [1.82, 2.24) is 5.32 Å². The fourth-order valence-corrected chi connectivity index (χ4v) is 2.68. The van der Waals surface area contributed by atoms with Gasteiger partial charge in [0, 0.05) is 0 Å². The Morgan fingerprint density at radius 2 is 1.38 bits per heavy atom. The first-order valence-corrected chi connectivity index (χ1v) is 9.14. The predicted molar refractivity (Wildman–Crippen MR) is 103 cm³/mol. The summed E-state index contributed by atoms with van der Waals surface area (Å²) in [6, 6.07) is 18.5. The molecule has 0 unspecified atom stereocenters. The summed E-state index contributed by atoms with van der Waals surface area (Å²) in [7, 11) is 0. The van der Waals surface area contributed by atoms with Crippen molar-refractivity contribution in [3.05, 3.63) is 83.1 Å². The molecule has 2 aromatic carbocycles. The van der Waals surface area contributed by atoms with E-state index in [-0.39, 0.29) is 44.1 Å². The van der Waals surface area contributed by atoms with Crippen LogP contribution in [-0.4, -0.2) is 31.0 Å². The standard InChI is InChI=1S/C22H21NO6/c24-20(28-13-16-7-3-1-4-8-16)11-18-19(12-23-22(18)26)27-15-21(25)29-14-17-9-5-2-6-10-17/h1-10H,11-15H2,(H,23,26). The van der Waals surface area contributed by atoms with Gasteiger partial charge >= 0.3 is 11.9 Å². The van der Waals surface area contributed by atoms with Crippen molar-refractivity contribution in [1.29, 1.82) is 0 Å². The zero-order chi connectivity index (χ0) is 20.5. The molecular weight excluding hydrogens is 374 g/mol. The molecule has 1 N–H and O–H groups in total. The van der Waals surface area contributed by atoms with Crippen LogP contribution in [0.25, 0.3) is 0 Å². The minimum Gasteiger partial charge on any atom is -0.484 e. The Balaban J connectivity index is 1.48. The van der Waals surface area contributed by atoms with Crippen molar-refractivity contribution in [2.45, 2.75) is 19.6 Å². The highest BCUT2D eigenvalue weighted by molar-refractivity contribution is 6.00. The molecule has 0 spiro atoms. The number of rotatable bonds is 9. The first kappa shape index (κ1) is 20.1. The summed E-state index contributed by atoms with van der Waals surface area (Å²) in [6.45, 7) is 0.0281. The van der Waals surface area contributed by atoms with Crippen LogP contribution in [0.15, 0.2) is 72.0 Å². The Kier molecular flexibility index (Phi) is 7.00. The molecule has 0 aliphatic carbocycles. The van der Waals surface area contributed by atoms with Crippen LogP contribution in [0.3, 0.4) is 0 Å². The second kappa shape index (κ2) is 10.1. The van der Waals surface area contributed by atoms with E-state index in [2.05, 4.69) is 5.32 Å². The molecule has 0 aromatic heterocycles. The summed E-state index contributed by atoms with van der Waals surface area (Å²) in [6.07, 6.45) is -0.229. The van der Waals surface area contributed by atoms with Crippen LogP contribution in [0.4, 0.5) is 0 Å². The van der Waals surface area contributed by atoms with E-state index in [9.17, 15) is 14.4 Å². The summed E-state index contributed by atoms with van der Waals surface area (Å²) in [5.74, 6) is -1.27. The summed E-state index contributed by atoms with van der Waals surface area (Å²) >= 11 is 0. The van der Waals surface area contributed by atoms with Gasteiger partial charge in [-0.1, -0.05) is 60.7 Å². The van der Waals surface area contributed by atoms with Gasteiger partial charge in [-0.2, -0.15) is 0 Å². The van der Waals surface area contributed by atoms with Crippen LogP contribution < -0.4 is 5.32 Å². The van der Waals surface area contributed by atoms with E-state index in [1.165, 1.54) is 0 Å². The van der Waals surface area contributed by atoms with Gasteiger partial charge < -0.3 is 19.5 Å². The fraction of sp³-hybridized carbons (Fsp3) is 0.227. The molecule has 0 bridgehead atoms. The molecule has 1 aliphatic heterocycles. The van der Waals surface area contributed by atoms with E-state index >= 15 is 0 Å². The van der Waals surface area contributed by atoms with Crippen LogP contribution in [0.5, 0.6) is 0 Å². The number of carbonyl (C=O) groups excluding carboxylic acids is 3. The molecule has 7 heteroatoms. The van der Waals surface area contributed by atoms with Crippen LogP contribution in [-0.2, 0) is 41.8 Å². The van der Waals surface area contributed by atoms with Gasteiger partial charge in [-0.3, -0.25) is 9.59 Å². The Labute approximate surface area is 168 Å². The molecule has 3 rings (SSSR count). The van der Waals surface area contributed by atoms with Crippen LogP contribution in [0.2, 0.25) is 0 Å². The highest BCUT2D eigenvalue weighted by atomic mass is 16.6. The number of hydrogen-bond acceptors (Lipinski definition) is 6. The van der Waals surface area contributed by atoms with Gasteiger partial charge in [-0.25, -0.2) is 4.79 Å².